The molecule has 0 fully saturated rings. The fourth-order valence-corrected chi connectivity index (χ4v) is 1.08. The van der Waals surface area contributed by atoms with Crippen LogP contribution in [0.3, 0.4) is 0 Å². The smallest absolute Gasteiger partial charge is 0.121 e. The monoisotopic (exact) mass is 182 g/mol. The summed E-state index contributed by atoms with van der Waals surface area (Å²) in [5, 5.41) is 8.93. The lowest BCUT2D eigenvalue weighted by atomic mass is 10.2. The summed E-state index contributed by atoms with van der Waals surface area (Å²) < 4.78 is 5.27. The molecule has 4 heteroatoms. The van der Waals surface area contributed by atoms with Crippen molar-refractivity contribution in [3.8, 4) is 5.75 Å². The molecule has 0 aliphatic rings. The third kappa shape index (κ3) is 2.34. The van der Waals surface area contributed by atoms with Gasteiger partial charge in [0, 0.05) is 11.6 Å². The molecule has 0 atom stereocenters. The van der Waals surface area contributed by atoms with Crippen LogP contribution in [-0.4, -0.2) is 11.7 Å². The zero-order valence-corrected chi connectivity index (χ0v) is 7.58. The topological polar surface area (TPSA) is 67.5 Å². The average molecular weight is 182 g/mol. The largest absolute Gasteiger partial charge is 0.494 e. The van der Waals surface area contributed by atoms with Crippen molar-refractivity contribution < 1.29 is 9.84 Å². The highest BCUT2D eigenvalue weighted by Gasteiger charge is 2.01. The van der Waals surface area contributed by atoms with Crippen LogP contribution in [0.15, 0.2) is 18.2 Å². The third-order valence-electron chi connectivity index (χ3n) is 1.72. The Balaban J connectivity index is 2.91. The Bertz CT molecular complexity index is 276. The molecule has 1 aromatic rings. The van der Waals surface area contributed by atoms with E-state index in [2.05, 4.69) is 5.43 Å². The van der Waals surface area contributed by atoms with Crippen molar-refractivity contribution in [3.63, 3.8) is 0 Å². The van der Waals surface area contributed by atoms with Crippen LogP contribution in [-0.2, 0) is 6.61 Å². The maximum Gasteiger partial charge on any atom is 0.121 e. The van der Waals surface area contributed by atoms with Crippen LogP contribution in [0.1, 0.15) is 12.5 Å². The van der Waals surface area contributed by atoms with E-state index in [0.717, 1.165) is 11.3 Å². The van der Waals surface area contributed by atoms with Crippen molar-refractivity contribution in [1.82, 2.24) is 0 Å². The van der Waals surface area contributed by atoms with Gasteiger partial charge in [-0.3, -0.25) is 5.84 Å². The lowest BCUT2D eigenvalue weighted by molar-refractivity contribution is 0.282. The molecule has 4 N–H and O–H groups in total. The molecule has 13 heavy (non-hydrogen) atoms. The highest BCUT2D eigenvalue weighted by atomic mass is 16.5. The van der Waals surface area contributed by atoms with Crippen LogP contribution in [0.2, 0.25) is 0 Å². The van der Waals surface area contributed by atoms with E-state index in [1.54, 1.807) is 18.2 Å². The molecule has 72 valence electrons. The van der Waals surface area contributed by atoms with Gasteiger partial charge < -0.3 is 15.3 Å². The van der Waals surface area contributed by atoms with Gasteiger partial charge in [-0.2, -0.15) is 0 Å². The van der Waals surface area contributed by atoms with Crippen molar-refractivity contribution >= 4 is 5.69 Å². The lowest BCUT2D eigenvalue weighted by Crippen LogP contribution is -2.09. The number of anilines is 1. The molecule has 0 bridgehead atoms. The number of aliphatic hydroxyl groups excluding tert-OH is 1. The molecule has 4 nitrogen and oxygen atoms in total. The summed E-state index contributed by atoms with van der Waals surface area (Å²) in [6.45, 7) is 2.49. The standard InChI is InChI=1S/C9H14N2O2/c1-2-13-8-4-3-7(6-12)9(5-8)11-10/h3-5,11-12H,2,6,10H2,1H3. The van der Waals surface area contributed by atoms with Crippen molar-refractivity contribution in [2.24, 2.45) is 5.84 Å². The SMILES string of the molecule is CCOc1ccc(CO)c(NN)c1. The summed E-state index contributed by atoms with van der Waals surface area (Å²) in [5.74, 6) is 6.02. The number of benzene rings is 1. The van der Waals surface area contributed by atoms with Gasteiger partial charge in [-0.25, -0.2) is 0 Å². The molecule has 1 rings (SSSR count). The number of hydrogen-bond acceptors (Lipinski definition) is 4. The van der Waals surface area contributed by atoms with Gasteiger partial charge in [-0.05, 0) is 13.0 Å². The minimum Gasteiger partial charge on any atom is -0.494 e. The first kappa shape index (κ1) is 9.83. The first-order valence-electron chi connectivity index (χ1n) is 4.15. The second kappa shape index (κ2) is 4.69. The molecule has 0 radical (unpaired) electrons. The lowest BCUT2D eigenvalue weighted by Gasteiger charge is -2.09. The van der Waals surface area contributed by atoms with Gasteiger partial charge in [0.1, 0.15) is 5.75 Å². The predicted octanol–water partition coefficient (Wildman–Crippen LogP) is 0.863. The van der Waals surface area contributed by atoms with Crippen molar-refractivity contribution in [2.75, 3.05) is 12.0 Å². The van der Waals surface area contributed by atoms with Crippen LogP contribution in [0.25, 0.3) is 0 Å². The van der Waals surface area contributed by atoms with E-state index in [4.69, 9.17) is 15.7 Å². The first-order valence-corrected chi connectivity index (χ1v) is 4.15. The van der Waals surface area contributed by atoms with Gasteiger partial charge in [0.15, 0.2) is 0 Å². The van der Waals surface area contributed by atoms with Crippen molar-refractivity contribution in [1.29, 1.82) is 0 Å². The number of nitrogens with two attached hydrogens (primary N) is 1. The second-order valence-corrected chi connectivity index (χ2v) is 2.55. The van der Waals surface area contributed by atoms with E-state index in [1.165, 1.54) is 0 Å². The quantitative estimate of drug-likeness (QED) is 0.477. The van der Waals surface area contributed by atoms with E-state index in [-0.39, 0.29) is 6.61 Å². The van der Waals surface area contributed by atoms with E-state index < -0.39 is 0 Å². The summed E-state index contributed by atoms with van der Waals surface area (Å²) in [5.41, 5.74) is 3.95. The maximum absolute atomic E-state index is 8.93. The minimum atomic E-state index is -0.0358. The van der Waals surface area contributed by atoms with Gasteiger partial charge in [0.05, 0.1) is 18.9 Å². The number of rotatable bonds is 4. The third-order valence-corrected chi connectivity index (χ3v) is 1.72. The van der Waals surface area contributed by atoms with Gasteiger partial charge in [0.25, 0.3) is 0 Å². The number of hydrogen-bond donors (Lipinski definition) is 3. The highest BCUT2D eigenvalue weighted by Crippen LogP contribution is 2.21. The molecule has 0 aromatic heterocycles. The van der Waals surface area contributed by atoms with Crippen LogP contribution < -0.4 is 16.0 Å². The minimum absolute atomic E-state index is 0.0358. The Hall–Kier alpha value is -1.26. The molecule has 1 aromatic carbocycles. The van der Waals surface area contributed by atoms with Gasteiger partial charge >= 0.3 is 0 Å². The second-order valence-electron chi connectivity index (χ2n) is 2.55. The summed E-state index contributed by atoms with van der Waals surface area (Å²) in [7, 11) is 0. The van der Waals surface area contributed by atoms with Crippen LogP contribution >= 0.6 is 0 Å². The molecular formula is C9H14N2O2. The molecular weight excluding hydrogens is 168 g/mol. The Morgan fingerprint density at radius 1 is 1.54 bits per heavy atom. The maximum atomic E-state index is 8.93. The molecule has 0 saturated heterocycles. The number of hydrazine groups is 1. The molecule has 0 saturated carbocycles. The summed E-state index contributed by atoms with van der Waals surface area (Å²) in [6, 6.07) is 5.34. The van der Waals surface area contributed by atoms with E-state index in [1.807, 2.05) is 6.92 Å². The van der Waals surface area contributed by atoms with Crippen LogP contribution in [0.5, 0.6) is 5.75 Å². The number of nitrogen functional groups attached to an aromatic ring is 1. The van der Waals surface area contributed by atoms with E-state index in [0.29, 0.717) is 12.3 Å². The first-order chi connectivity index (χ1) is 6.31. The Kier molecular flexibility index (Phi) is 3.54. The predicted molar refractivity (Wildman–Crippen MR) is 51.3 cm³/mol. The van der Waals surface area contributed by atoms with Gasteiger partial charge in [0.2, 0.25) is 0 Å². The normalized spacial score (nSPS) is 9.77. The van der Waals surface area contributed by atoms with Gasteiger partial charge in [-0.15, -0.1) is 0 Å². The van der Waals surface area contributed by atoms with E-state index in [9.17, 15) is 0 Å². The summed E-state index contributed by atoms with van der Waals surface area (Å²) in [4.78, 5) is 0. The number of nitrogens with one attached hydrogen (secondary N) is 1. The molecule has 0 unspecified atom stereocenters. The van der Waals surface area contributed by atoms with Crippen LogP contribution in [0, 0.1) is 0 Å². The zero-order chi connectivity index (χ0) is 9.68. The highest BCUT2D eigenvalue weighted by molar-refractivity contribution is 5.54. The molecule has 0 amide bonds. The molecule has 0 spiro atoms. The Morgan fingerprint density at radius 2 is 2.31 bits per heavy atom. The fraction of sp³-hybridized carbons (Fsp3) is 0.333. The summed E-state index contributed by atoms with van der Waals surface area (Å²) >= 11 is 0. The molecule has 0 aliphatic heterocycles. The molecule has 0 heterocycles. The van der Waals surface area contributed by atoms with Crippen molar-refractivity contribution in [2.45, 2.75) is 13.5 Å². The zero-order valence-electron chi connectivity index (χ0n) is 7.58. The van der Waals surface area contributed by atoms with Gasteiger partial charge in [-0.1, -0.05) is 6.07 Å². The number of aliphatic hydroxyl groups is 1. The Labute approximate surface area is 77.3 Å². The van der Waals surface area contributed by atoms with Crippen molar-refractivity contribution in [3.05, 3.63) is 23.8 Å². The average Bonchev–Trinajstić information content (AvgIpc) is 2.18. The number of ether oxygens (including phenoxy) is 1. The van der Waals surface area contributed by atoms with Crippen LogP contribution in [0.4, 0.5) is 5.69 Å². The fourth-order valence-electron chi connectivity index (χ4n) is 1.08. The Morgan fingerprint density at radius 3 is 2.85 bits per heavy atom. The molecule has 0 aliphatic carbocycles. The van der Waals surface area contributed by atoms with E-state index >= 15 is 0 Å². The summed E-state index contributed by atoms with van der Waals surface area (Å²) in [6.07, 6.45) is 0.